The maximum absolute atomic E-state index is 10.4. The van der Waals surface area contributed by atoms with Gasteiger partial charge in [0.2, 0.25) is 0 Å². The number of hydrogen-bond acceptors (Lipinski definition) is 6. The van der Waals surface area contributed by atoms with Crippen molar-refractivity contribution in [3.8, 4) is 5.75 Å². The van der Waals surface area contributed by atoms with E-state index < -0.39 is 6.10 Å². The molecule has 104 valence electrons. The third-order valence-electron chi connectivity index (χ3n) is 2.80. The molecule has 0 saturated carbocycles. The SMILES string of the molecule is COc1cnn(CCN(C)C)c1C(O)c1cn[nH]n1. The van der Waals surface area contributed by atoms with Gasteiger partial charge in [-0.15, -0.1) is 0 Å². The van der Waals surface area contributed by atoms with Crippen molar-refractivity contribution in [2.24, 2.45) is 0 Å². The summed E-state index contributed by atoms with van der Waals surface area (Å²) in [5, 5.41) is 24.7. The van der Waals surface area contributed by atoms with Crippen LogP contribution < -0.4 is 4.74 Å². The molecule has 2 N–H and O–H groups in total. The second kappa shape index (κ2) is 5.81. The molecule has 1 atom stereocenters. The molecule has 0 bridgehead atoms. The fraction of sp³-hybridized carbons (Fsp3) is 0.545. The maximum atomic E-state index is 10.4. The number of ether oxygens (including phenoxy) is 1. The van der Waals surface area contributed by atoms with Gasteiger partial charge in [0.25, 0.3) is 0 Å². The quantitative estimate of drug-likeness (QED) is 0.742. The first-order valence-electron chi connectivity index (χ1n) is 5.91. The summed E-state index contributed by atoms with van der Waals surface area (Å²) >= 11 is 0. The predicted octanol–water partition coefficient (Wildman–Crippen LogP) is -0.347. The van der Waals surface area contributed by atoms with E-state index in [-0.39, 0.29) is 0 Å². The monoisotopic (exact) mass is 266 g/mol. The largest absolute Gasteiger partial charge is 0.493 e. The van der Waals surface area contributed by atoms with Crippen LogP contribution in [0.15, 0.2) is 12.4 Å². The van der Waals surface area contributed by atoms with Gasteiger partial charge in [0, 0.05) is 6.54 Å². The molecule has 2 rings (SSSR count). The van der Waals surface area contributed by atoms with Gasteiger partial charge in [-0.1, -0.05) is 0 Å². The Balaban J connectivity index is 2.28. The number of methoxy groups -OCH3 is 1. The number of nitrogens with zero attached hydrogens (tertiary/aromatic N) is 5. The molecule has 2 aromatic heterocycles. The summed E-state index contributed by atoms with van der Waals surface area (Å²) in [5.74, 6) is 0.536. The number of aliphatic hydroxyl groups excluding tert-OH is 1. The number of aliphatic hydroxyl groups is 1. The van der Waals surface area contributed by atoms with E-state index >= 15 is 0 Å². The molecule has 0 spiro atoms. The first-order valence-corrected chi connectivity index (χ1v) is 5.91. The molecule has 0 aromatic carbocycles. The topological polar surface area (TPSA) is 92.1 Å². The van der Waals surface area contributed by atoms with Gasteiger partial charge in [-0.2, -0.15) is 20.5 Å². The van der Waals surface area contributed by atoms with Gasteiger partial charge in [0.15, 0.2) is 5.75 Å². The molecular formula is C11H18N6O2. The molecule has 1 unspecified atom stereocenters. The molecule has 0 fully saturated rings. The summed E-state index contributed by atoms with van der Waals surface area (Å²) in [5.41, 5.74) is 1.02. The number of nitrogens with one attached hydrogen (secondary N) is 1. The lowest BCUT2D eigenvalue weighted by Gasteiger charge is -2.15. The highest BCUT2D eigenvalue weighted by Gasteiger charge is 2.23. The van der Waals surface area contributed by atoms with Crippen LogP contribution in [0.2, 0.25) is 0 Å². The smallest absolute Gasteiger partial charge is 0.163 e. The lowest BCUT2D eigenvalue weighted by Crippen LogP contribution is -2.21. The molecule has 19 heavy (non-hydrogen) atoms. The zero-order valence-electron chi connectivity index (χ0n) is 11.2. The van der Waals surface area contributed by atoms with Crippen molar-refractivity contribution in [1.82, 2.24) is 30.1 Å². The molecule has 8 heteroatoms. The Bertz CT molecular complexity index is 507. The molecule has 8 nitrogen and oxygen atoms in total. The summed E-state index contributed by atoms with van der Waals surface area (Å²) < 4.78 is 6.96. The van der Waals surface area contributed by atoms with Crippen LogP contribution in [0.4, 0.5) is 0 Å². The molecule has 2 aromatic rings. The molecule has 0 saturated heterocycles. The van der Waals surface area contributed by atoms with Crippen molar-refractivity contribution < 1.29 is 9.84 Å². The standard InChI is InChI=1S/C11H18N6O2/c1-16(2)4-5-17-10(9(19-3)7-13-17)11(18)8-6-12-15-14-8/h6-7,11,18H,4-5H2,1-3H3,(H,12,14,15). The van der Waals surface area contributed by atoms with Crippen LogP contribution in [0.3, 0.4) is 0 Å². The van der Waals surface area contributed by atoms with Crippen LogP contribution in [0, 0.1) is 0 Å². The molecule has 0 aliphatic rings. The summed E-state index contributed by atoms with van der Waals surface area (Å²) in [6, 6.07) is 0. The summed E-state index contributed by atoms with van der Waals surface area (Å²) in [4.78, 5) is 2.04. The second-order valence-corrected chi connectivity index (χ2v) is 4.42. The highest BCUT2D eigenvalue weighted by atomic mass is 16.5. The van der Waals surface area contributed by atoms with Gasteiger partial charge in [-0.05, 0) is 14.1 Å². The summed E-state index contributed by atoms with van der Waals surface area (Å²) in [6.07, 6.45) is 2.15. The minimum absolute atomic E-state index is 0.435. The minimum Gasteiger partial charge on any atom is -0.493 e. The van der Waals surface area contributed by atoms with Crippen molar-refractivity contribution in [2.45, 2.75) is 12.6 Å². The van der Waals surface area contributed by atoms with Crippen LogP contribution in [0.5, 0.6) is 5.75 Å². The van der Waals surface area contributed by atoms with Crippen LogP contribution >= 0.6 is 0 Å². The lowest BCUT2D eigenvalue weighted by molar-refractivity contribution is 0.195. The minimum atomic E-state index is -0.918. The van der Waals surface area contributed by atoms with Gasteiger partial charge in [0.1, 0.15) is 17.5 Å². The number of aromatic nitrogens is 5. The molecule has 0 aliphatic carbocycles. The third-order valence-corrected chi connectivity index (χ3v) is 2.80. The Morgan fingerprint density at radius 3 is 2.84 bits per heavy atom. The van der Waals surface area contributed by atoms with Crippen LogP contribution in [-0.2, 0) is 6.54 Å². The van der Waals surface area contributed by atoms with E-state index in [1.54, 1.807) is 18.0 Å². The van der Waals surface area contributed by atoms with Crippen LogP contribution in [0.1, 0.15) is 17.5 Å². The summed E-state index contributed by atoms with van der Waals surface area (Å²) in [7, 11) is 5.51. The fourth-order valence-corrected chi connectivity index (χ4v) is 1.77. The Hall–Kier alpha value is -1.93. The van der Waals surface area contributed by atoms with Crippen molar-refractivity contribution in [3.05, 3.63) is 23.8 Å². The highest BCUT2D eigenvalue weighted by molar-refractivity contribution is 5.31. The van der Waals surface area contributed by atoms with Crippen molar-refractivity contribution in [3.63, 3.8) is 0 Å². The van der Waals surface area contributed by atoms with E-state index in [0.717, 1.165) is 6.54 Å². The van der Waals surface area contributed by atoms with Crippen molar-refractivity contribution in [2.75, 3.05) is 27.7 Å². The average molecular weight is 266 g/mol. The Morgan fingerprint density at radius 2 is 2.26 bits per heavy atom. The third kappa shape index (κ3) is 2.91. The Labute approximate surface area is 111 Å². The normalized spacial score (nSPS) is 12.9. The number of aromatic amines is 1. The summed E-state index contributed by atoms with van der Waals surface area (Å²) in [6.45, 7) is 1.46. The van der Waals surface area contributed by atoms with E-state index in [9.17, 15) is 5.11 Å². The van der Waals surface area contributed by atoms with Gasteiger partial charge in [-0.3, -0.25) is 4.68 Å². The Morgan fingerprint density at radius 1 is 1.47 bits per heavy atom. The van der Waals surface area contributed by atoms with Crippen LogP contribution in [-0.4, -0.2) is 62.9 Å². The fourth-order valence-electron chi connectivity index (χ4n) is 1.77. The van der Waals surface area contributed by atoms with Crippen molar-refractivity contribution >= 4 is 0 Å². The van der Waals surface area contributed by atoms with E-state index in [4.69, 9.17) is 4.74 Å². The van der Waals surface area contributed by atoms with Crippen LogP contribution in [0.25, 0.3) is 0 Å². The highest BCUT2D eigenvalue weighted by Crippen LogP contribution is 2.28. The van der Waals surface area contributed by atoms with E-state index in [0.29, 0.717) is 23.7 Å². The van der Waals surface area contributed by atoms with Gasteiger partial charge in [-0.25, -0.2) is 0 Å². The molecule has 2 heterocycles. The number of rotatable bonds is 6. The number of H-pyrrole nitrogens is 1. The Kier molecular flexibility index (Phi) is 4.13. The van der Waals surface area contributed by atoms with Gasteiger partial charge >= 0.3 is 0 Å². The van der Waals surface area contributed by atoms with Gasteiger partial charge < -0.3 is 14.7 Å². The van der Waals surface area contributed by atoms with E-state index in [2.05, 4.69) is 20.5 Å². The maximum Gasteiger partial charge on any atom is 0.163 e. The lowest BCUT2D eigenvalue weighted by atomic mass is 10.2. The zero-order valence-corrected chi connectivity index (χ0v) is 11.2. The molecular weight excluding hydrogens is 248 g/mol. The van der Waals surface area contributed by atoms with Gasteiger partial charge in [0.05, 0.1) is 26.0 Å². The first kappa shape index (κ1) is 13.5. The van der Waals surface area contributed by atoms with Crippen molar-refractivity contribution in [1.29, 1.82) is 0 Å². The molecule has 0 radical (unpaired) electrons. The first-order chi connectivity index (χ1) is 9.13. The van der Waals surface area contributed by atoms with E-state index in [1.807, 2.05) is 19.0 Å². The predicted molar refractivity (Wildman–Crippen MR) is 67.8 cm³/mol. The second-order valence-electron chi connectivity index (χ2n) is 4.42. The number of hydrogen-bond donors (Lipinski definition) is 2. The average Bonchev–Trinajstić information content (AvgIpc) is 3.04. The molecule has 0 amide bonds. The number of likely N-dealkylation sites (N-methyl/N-ethyl adjacent to an activating group) is 1. The zero-order chi connectivity index (χ0) is 13.8. The van der Waals surface area contributed by atoms with E-state index in [1.165, 1.54) is 6.20 Å². The molecule has 0 aliphatic heterocycles.